The third kappa shape index (κ3) is 1.93. The van der Waals surface area contributed by atoms with Crippen LogP contribution in [0.2, 0.25) is 5.02 Å². The number of hydrogen-bond acceptors (Lipinski definition) is 3. The van der Waals surface area contributed by atoms with Gasteiger partial charge in [-0.1, -0.05) is 11.6 Å². The molecule has 0 spiro atoms. The van der Waals surface area contributed by atoms with Gasteiger partial charge in [-0.25, -0.2) is 4.98 Å². The van der Waals surface area contributed by atoms with Crippen molar-refractivity contribution in [1.82, 2.24) is 9.38 Å². The second kappa shape index (κ2) is 4.05. The molecule has 0 bridgehead atoms. The van der Waals surface area contributed by atoms with Gasteiger partial charge in [-0.15, -0.1) is 0 Å². The number of hydrogen-bond donors (Lipinski definition) is 0. The summed E-state index contributed by atoms with van der Waals surface area (Å²) in [6.07, 6.45) is 3.01. The zero-order chi connectivity index (χ0) is 9.42. The molecule has 66 valence electrons. The van der Waals surface area contributed by atoms with Crippen LogP contribution in [0.1, 0.15) is 10.5 Å². The zero-order valence-corrected chi connectivity index (χ0v) is 8.15. The molecule has 0 aliphatic rings. The van der Waals surface area contributed by atoms with E-state index in [1.807, 2.05) is 0 Å². The normalized spacial score (nSPS) is 9.79. The maximum absolute atomic E-state index is 10.4. The van der Waals surface area contributed by atoms with Gasteiger partial charge in [0.05, 0.1) is 5.97 Å². The Bertz CT molecular complexity index is 483. The SMILES string of the molecule is O=C([O-])c1cn2ccc(Cl)cc2n1.[Li+]. The first-order chi connectivity index (χ1) is 6.16. The molecular weight excluding hydrogens is 198 g/mol. The number of nitrogens with zero attached hydrogens (tertiary/aromatic N) is 2. The summed E-state index contributed by atoms with van der Waals surface area (Å²) in [6.45, 7) is 0. The van der Waals surface area contributed by atoms with Gasteiger partial charge < -0.3 is 14.3 Å². The first-order valence-corrected chi connectivity index (χ1v) is 3.90. The third-order valence-corrected chi connectivity index (χ3v) is 1.87. The smallest absolute Gasteiger partial charge is 0.543 e. The number of aromatic nitrogens is 2. The van der Waals surface area contributed by atoms with E-state index < -0.39 is 5.97 Å². The van der Waals surface area contributed by atoms with Gasteiger partial charge in [-0.3, -0.25) is 0 Å². The molecule has 14 heavy (non-hydrogen) atoms. The van der Waals surface area contributed by atoms with Crippen molar-refractivity contribution in [2.75, 3.05) is 0 Å². The number of imidazole rings is 1. The van der Waals surface area contributed by atoms with Gasteiger partial charge in [0.15, 0.2) is 0 Å². The van der Waals surface area contributed by atoms with Crippen molar-refractivity contribution < 1.29 is 28.8 Å². The standard InChI is InChI=1S/C8H5ClN2O2.Li/c9-5-1-2-11-4-6(8(12)13)10-7(11)3-5;/h1-4H,(H,12,13);/q;+1/p-1. The van der Waals surface area contributed by atoms with Crippen LogP contribution in [0.3, 0.4) is 0 Å². The van der Waals surface area contributed by atoms with E-state index in [0.717, 1.165) is 0 Å². The Morgan fingerprint density at radius 3 is 2.93 bits per heavy atom. The van der Waals surface area contributed by atoms with Gasteiger partial charge in [-0.05, 0) is 6.07 Å². The molecule has 0 fully saturated rings. The molecule has 4 nitrogen and oxygen atoms in total. The summed E-state index contributed by atoms with van der Waals surface area (Å²) in [5, 5.41) is 11.0. The van der Waals surface area contributed by atoms with Crippen LogP contribution in [-0.2, 0) is 0 Å². The molecule has 2 aromatic heterocycles. The summed E-state index contributed by atoms with van der Waals surface area (Å²) in [4.78, 5) is 14.2. The van der Waals surface area contributed by atoms with Crippen LogP contribution >= 0.6 is 11.6 Å². The Balaban J connectivity index is 0.000000980. The molecular formula is C8H4ClLiN2O2. The maximum atomic E-state index is 10.4. The van der Waals surface area contributed by atoms with Gasteiger partial charge >= 0.3 is 18.9 Å². The van der Waals surface area contributed by atoms with Crippen LogP contribution in [0.15, 0.2) is 24.5 Å². The Hall–Kier alpha value is -0.953. The van der Waals surface area contributed by atoms with Crippen LogP contribution in [0.25, 0.3) is 5.65 Å². The average molecular weight is 203 g/mol. The fourth-order valence-electron chi connectivity index (χ4n) is 1.06. The van der Waals surface area contributed by atoms with Gasteiger partial charge in [0.25, 0.3) is 0 Å². The predicted molar refractivity (Wildman–Crippen MR) is 44.5 cm³/mol. The van der Waals surface area contributed by atoms with E-state index in [-0.39, 0.29) is 24.6 Å². The van der Waals surface area contributed by atoms with Crippen LogP contribution < -0.4 is 24.0 Å². The molecule has 2 aromatic rings. The number of carbonyl (C=O) groups excluding carboxylic acids is 1. The fourth-order valence-corrected chi connectivity index (χ4v) is 1.21. The molecule has 0 unspecified atom stereocenters. The Morgan fingerprint density at radius 1 is 1.57 bits per heavy atom. The molecule has 0 atom stereocenters. The van der Waals surface area contributed by atoms with Crippen LogP contribution in [0.5, 0.6) is 0 Å². The van der Waals surface area contributed by atoms with Crippen molar-refractivity contribution in [2.24, 2.45) is 0 Å². The summed E-state index contributed by atoms with van der Waals surface area (Å²) in [5.41, 5.74) is 0.397. The predicted octanol–water partition coefficient (Wildman–Crippen LogP) is -2.64. The van der Waals surface area contributed by atoms with Crippen molar-refractivity contribution in [1.29, 1.82) is 0 Å². The summed E-state index contributed by atoms with van der Waals surface area (Å²) in [6, 6.07) is 3.23. The minimum Gasteiger partial charge on any atom is -0.543 e. The van der Waals surface area contributed by atoms with Gasteiger partial charge in [0.1, 0.15) is 11.3 Å². The van der Waals surface area contributed by atoms with Crippen molar-refractivity contribution in [3.8, 4) is 0 Å². The number of aromatic carboxylic acids is 1. The molecule has 0 aliphatic carbocycles. The molecule has 2 heterocycles. The molecule has 0 amide bonds. The summed E-state index contributed by atoms with van der Waals surface area (Å²) in [7, 11) is 0. The third-order valence-electron chi connectivity index (χ3n) is 1.63. The Kier molecular flexibility index (Phi) is 3.22. The number of carboxylic acids is 1. The summed E-state index contributed by atoms with van der Waals surface area (Å²) in [5.74, 6) is -1.29. The number of pyridine rings is 1. The first kappa shape index (κ1) is 11.1. The summed E-state index contributed by atoms with van der Waals surface area (Å²) >= 11 is 5.69. The topological polar surface area (TPSA) is 57.4 Å². The van der Waals surface area contributed by atoms with Crippen molar-refractivity contribution >= 4 is 23.2 Å². The zero-order valence-electron chi connectivity index (χ0n) is 7.40. The van der Waals surface area contributed by atoms with E-state index in [2.05, 4.69) is 4.98 Å². The van der Waals surface area contributed by atoms with E-state index in [0.29, 0.717) is 10.7 Å². The number of fused-ring (bicyclic) bond motifs is 1. The molecule has 6 heteroatoms. The number of carbonyl (C=O) groups is 1. The molecule has 0 aromatic carbocycles. The van der Waals surface area contributed by atoms with E-state index in [1.54, 1.807) is 22.7 Å². The van der Waals surface area contributed by atoms with E-state index in [9.17, 15) is 9.90 Å². The van der Waals surface area contributed by atoms with Gasteiger partial charge in [0.2, 0.25) is 0 Å². The molecule has 0 radical (unpaired) electrons. The van der Waals surface area contributed by atoms with Crippen molar-refractivity contribution in [3.63, 3.8) is 0 Å². The van der Waals surface area contributed by atoms with Crippen LogP contribution in [0, 0.1) is 0 Å². The van der Waals surface area contributed by atoms with Crippen LogP contribution in [-0.4, -0.2) is 15.4 Å². The quantitative estimate of drug-likeness (QED) is 0.475. The Morgan fingerprint density at radius 2 is 2.29 bits per heavy atom. The van der Waals surface area contributed by atoms with E-state index in [4.69, 9.17) is 11.6 Å². The fraction of sp³-hybridized carbons (Fsp3) is 0. The second-order valence-corrected chi connectivity index (χ2v) is 2.96. The van der Waals surface area contributed by atoms with Gasteiger partial charge in [-0.2, -0.15) is 0 Å². The second-order valence-electron chi connectivity index (χ2n) is 2.52. The Labute approximate surface area is 96.7 Å². The monoisotopic (exact) mass is 202 g/mol. The van der Waals surface area contributed by atoms with Crippen molar-refractivity contribution in [2.45, 2.75) is 0 Å². The molecule has 0 saturated heterocycles. The molecule has 0 saturated carbocycles. The van der Waals surface area contributed by atoms with E-state index >= 15 is 0 Å². The average Bonchev–Trinajstić information content (AvgIpc) is 2.46. The first-order valence-electron chi connectivity index (χ1n) is 3.52. The number of halogens is 1. The van der Waals surface area contributed by atoms with E-state index in [1.165, 1.54) is 6.20 Å². The van der Waals surface area contributed by atoms with Crippen molar-refractivity contribution in [3.05, 3.63) is 35.2 Å². The summed E-state index contributed by atoms with van der Waals surface area (Å²) < 4.78 is 1.57. The minimum atomic E-state index is -1.29. The minimum absolute atomic E-state index is 0. The molecule has 0 aliphatic heterocycles. The molecule has 0 N–H and O–H groups in total. The molecule has 2 rings (SSSR count). The largest absolute Gasteiger partial charge is 1.00 e. The van der Waals surface area contributed by atoms with Crippen LogP contribution in [0.4, 0.5) is 0 Å². The number of carboxylic acid groups (broad SMARTS) is 1. The number of rotatable bonds is 1. The van der Waals surface area contributed by atoms with Gasteiger partial charge in [0, 0.05) is 23.5 Å². The maximum Gasteiger partial charge on any atom is 1.00 e.